The quantitative estimate of drug-likeness (QED) is 0.173. The molecule has 0 spiro atoms. The van der Waals surface area contributed by atoms with Crippen molar-refractivity contribution in [1.29, 1.82) is 0 Å². The molecule has 0 radical (unpaired) electrons. The Labute approximate surface area is 317 Å². The van der Waals surface area contributed by atoms with Crippen molar-refractivity contribution in [2.45, 2.75) is 0 Å². The molecule has 0 amide bonds. The van der Waals surface area contributed by atoms with E-state index in [1.54, 1.807) is 0 Å². The summed E-state index contributed by atoms with van der Waals surface area (Å²) in [5, 5.41) is 6.97. The van der Waals surface area contributed by atoms with Crippen molar-refractivity contribution in [1.82, 2.24) is 0 Å². The molecule has 0 fully saturated rings. The number of furan rings is 2. The van der Waals surface area contributed by atoms with Gasteiger partial charge < -0.3 is 13.7 Å². The largest absolute Gasteiger partial charge is 0.456 e. The molecule has 258 valence electrons. The molecule has 9 aromatic carbocycles. The number of anilines is 3. The molecule has 55 heavy (non-hydrogen) atoms. The van der Waals surface area contributed by atoms with Gasteiger partial charge in [0.25, 0.3) is 0 Å². The molecular formula is C52H33NO2. The van der Waals surface area contributed by atoms with Gasteiger partial charge in [0.15, 0.2) is 0 Å². The molecule has 3 nitrogen and oxygen atoms in total. The molecule has 2 heterocycles. The van der Waals surface area contributed by atoms with Crippen molar-refractivity contribution in [2.24, 2.45) is 0 Å². The molecule has 0 aliphatic rings. The molecule has 0 aliphatic heterocycles. The second-order valence-electron chi connectivity index (χ2n) is 14.0. The molecule has 0 saturated carbocycles. The minimum atomic E-state index is 0.887. The predicted molar refractivity (Wildman–Crippen MR) is 229 cm³/mol. The molecule has 0 bridgehead atoms. The van der Waals surface area contributed by atoms with Crippen LogP contribution in [0, 0.1) is 0 Å². The lowest BCUT2D eigenvalue weighted by atomic mass is 9.97. The summed E-state index contributed by atoms with van der Waals surface area (Å²) in [6.45, 7) is 0. The van der Waals surface area contributed by atoms with Crippen molar-refractivity contribution in [3.05, 3.63) is 200 Å². The first kappa shape index (κ1) is 31.2. The molecule has 0 saturated heterocycles. The molecule has 0 unspecified atom stereocenters. The van der Waals surface area contributed by atoms with Crippen LogP contribution in [0.5, 0.6) is 0 Å². The number of hydrogen-bond donors (Lipinski definition) is 0. The van der Waals surface area contributed by atoms with Gasteiger partial charge in [0, 0.05) is 44.0 Å². The summed E-state index contributed by atoms with van der Waals surface area (Å²) in [5.74, 6) is 0. The maximum absolute atomic E-state index is 6.58. The minimum Gasteiger partial charge on any atom is -0.456 e. The summed E-state index contributed by atoms with van der Waals surface area (Å²) in [6, 6.07) is 71.0. The van der Waals surface area contributed by atoms with Crippen LogP contribution in [0.2, 0.25) is 0 Å². The van der Waals surface area contributed by atoms with Gasteiger partial charge in [-0.15, -0.1) is 0 Å². The van der Waals surface area contributed by atoms with Crippen LogP contribution in [0.4, 0.5) is 17.1 Å². The number of fused-ring (bicyclic) bond motifs is 7. The molecule has 0 atom stereocenters. The van der Waals surface area contributed by atoms with E-state index in [2.05, 4.69) is 181 Å². The summed E-state index contributed by atoms with van der Waals surface area (Å²) >= 11 is 0. The molecule has 0 N–H and O–H groups in total. The van der Waals surface area contributed by atoms with Crippen LogP contribution in [-0.4, -0.2) is 0 Å². The average Bonchev–Trinajstić information content (AvgIpc) is 3.83. The first-order valence-electron chi connectivity index (χ1n) is 18.7. The van der Waals surface area contributed by atoms with Gasteiger partial charge in [0.1, 0.15) is 22.3 Å². The van der Waals surface area contributed by atoms with Crippen LogP contribution >= 0.6 is 0 Å². The van der Waals surface area contributed by atoms with E-state index in [1.165, 1.54) is 21.9 Å². The second-order valence-corrected chi connectivity index (χ2v) is 14.0. The van der Waals surface area contributed by atoms with E-state index in [4.69, 9.17) is 8.83 Å². The van der Waals surface area contributed by atoms with Crippen LogP contribution in [0.1, 0.15) is 0 Å². The smallest absolute Gasteiger partial charge is 0.143 e. The van der Waals surface area contributed by atoms with Crippen LogP contribution < -0.4 is 4.90 Å². The number of para-hydroxylation sites is 4. The van der Waals surface area contributed by atoms with Crippen molar-refractivity contribution < 1.29 is 8.83 Å². The highest BCUT2D eigenvalue weighted by Crippen LogP contribution is 2.45. The Hall–Kier alpha value is -7.36. The van der Waals surface area contributed by atoms with E-state index >= 15 is 0 Å². The fourth-order valence-corrected chi connectivity index (χ4v) is 8.36. The number of nitrogens with zero attached hydrogens (tertiary/aromatic N) is 1. The lowest BCUT2D eigenvalue weighted by molar-refractivity contribution is 0.669. The SMILES string of the molecule is c1ccc(N(c2ccc(-c3cccc4ccccc34)cc2)c2ccc(-c3cccc4oc5ccccc5c34)cc2)c(-c2cccc3c2oc2ccccc23)c1. The summed E-state index contributed by atoms with van der Waals surface area (Å²) in [4.78, 5) is 2.36. The van der Waals surface area contributed by atoms with Gasteiger partial charge in [-0.05, 0) is 81.6 Å². The lowest BCUT2D eigenvalue weighted by Crippen LogP contribution is -2.11. The first-order chi connectivity index (χ1) is 27.3. The highest BCUT2D eigenvalue weighted by Gasteiger charge is 2.21. The van der Waals surface area contributed by atoms with Gasteiger partial charge in [0.05, 0.1) is 5.69 Å². The summed E-state index contributed by atoms with van der Waals surface area (Å²) < 4.78 is 12.8. The Bertz CT molecular complexity index is 3200. The van der Waals surface area contributed by atoms with Crippen LogP contribution in [0.15, 0.2) is 209 Å². The van der Waals surface area contributed by atoms with Gasteiger partial charge in [-0.2, -0.15) is 0 Å². The topological polar surface area (TPSA) is 29.5 Å². The third-order valence-electron chi connectivity index (χ3n) is 10.9. The molecule has 2 aromatic heterocycles. The van der Waals surface area contributed by atoms with E-state index in [0.717, 1.165) is 83.2 Å². The predicted octanol–water partition coefficient (Wildman–Crippen LogP) is 15.1. The molecule has 11 rings (SSSR count). The van der Waals surface area contributed by atoms with Crippen LogP contribution in [-0.2, 0) is 0 Å². The van der Waals surface area contributed by atoms with E-state index in [1.807, 2.05) is 24.3 Å². The van der Waals surface area contributed by atoms with Crippen molar-refractivity contribution in [3.63, 3.8) is 0 Å². The highest BCUT2D eigenvalue weighted by atomic mass is 16.3. The van der Waals surface area contributed by atoms with E-state index in [0.29, 0.717) is 0 Å². The first-order valence-corrected chi connectivity index (χ1v) is 18.7. The van der Waals surface area contributed by atoms with Gasteiger partial charge in [-0.1, -0.05) is 152 Å². The average molecular weight is 704 g/mol. The second kappa shape index (κ2) is 12.6. The third kappa shape index (κ3) is 5.13. The van der Waals surface area contributed by atoms with Crippen LogP contribution in [0.3, 0.4) is 0 Å². The summed E-state index contributed by atoms with van der Waals surface area (Å²) in [5.41, 5.74) is 13.6. The van der Waals surface area contributed by atoms with E-state index in [9.17, 15) is 0 Å². The van der Waals surface area contributed by atoms with Crippen molar-refractivity contribution in [3.8, 4) is 33.4 Å². The Balaban J connectivity index is 1.08. The Kier molecular flexibility index (Phi) is 7.17. The Morgan fingerprint density at radius 2 is 0.818 bits per heavy atom. The normalized spacial score (nSPS) is 11.6. The monoisotopic (exact) mass is 703 g/mol. The van der Waals surface area contributed by atoms with E-state index in [-0.39, 0.29) is 0 Å². The fourth-order valence-electron chi connectivity index (χ4n) is 8.36. The molecule has 3 heteroatoms. The zero-order chi connectivity index (χ0) is 36.3. The van der Waals surface area contributed by atoms with E-state index < -0.39 is 0 Å². The lowest BCUT2D eigenvalue weighted by Gasteiger charge is -2.28. The van der Waals surface area contributed by atoms with Gasteiger partial charge in [-0.3, -0.25) is 0 Å². The zero-order valence-electron chi connectivity index (χ0n) is 29.8. The number of benzene rings is 9. The van der Waals surface area contributed by atoms with Gasteiger partial charge >= 0.3 is 0 Å². The summed E-state index contributed by atoms with van der Waals surface area (Å²) in [7, 11) is 0. The van der Waals surface area contributed by atoms with Crippen molar-refractivity contribution >= 4 is 71.7 Å². The van der Waals surface area contributed by atoms with Crippen molar-refractivity contribution in [2.75, 3.05) is 4.90 Å². The molecular weight excluding hydrogens is 671 g/mol. The molecule has 11 aromatic rings. The Morgan fingerprint density at radius 1 is 0.309 bits per heavy atom. The number of rotatable bonds is 6. The van der Waals surface area contributed by atoms with Gasteiger partial charge in [-0.25, -0.2) is 0 Å². The molecule has 0 aliphatic carbocycles. The fraction of sp³-hybridized carbons (Fsp3) is 0. The maximum Gasteiger partial charge on any atom is 0.143 e. The van der Waals surface area contributed by atoms with Crippen LogP contribution in [0.25, 0.3) is 88.0 Å². The third-order valence-corrected chi connectivity index (χ3v) is 10.9. The standard InChI is InChI=1S/C52H33NO2/c1-2-14-39-34(12-1)13-9-18-40(39)35-26-30-37(31-27-35)53(38-32-28-36(29-33-38)41-19-11-25-50-51(41)46-17-5-8-24-49(46)54-50)47-22-6-3-15-42(47)44-20-10-21-45-43-16-4-7-23-48(43)55-52(44)45/h1-33H. The number of hydrogen-bond acceptors (Lipinski definition) is 3. The minimum absolute atomic E-state index is 0.887. The maximum atomic E-state index is 6.58. The zero-order valence-corrected chi connectivity index (χ0v) is 29.8. The Morgan fingerprint density at radius 3 is 1.62 bits per heavy atom. The summed E-state index contributed by atoms with van der Waals surface area (Å²) in [6.07, 6.45) is 0. The highest BCUT2D eigenvalue weighted by molar-refractivity contribution is 6.13. The van der Waals surface area contributed by atoms with Gasteiger partial charge in [0.2, 0.25) is 0 Å².